The standard InChI is InChI=1S/C25H34N8O3/c1-3-11-31-16-24(35)32-17-23(34)30(14-19-9-10-21(29(2)27)20(26)12-19)15-22(32)33(31)25(36)28-13-18-7-5-4-6-8-18/h3-10,12,20-22H,1,11,13-17,26-27H2,2H3,(H,28,36)/t20?,21?,22-/m0/s1. The maximum Gasteiger partial charge on any atom is 0.334 e. The number of nitrogens with one attached hydrogen (secondary N) is 1. The first kappa shape index (κ1) is 25.6. The molecule has 4 amide bonds. The number of rotatable bonds is 7. The van der Waals surface area contributed by atoms with Gasteiger partial charge >= 0.3 is 6.03 Å². The smallest absolute Gasteiger partial charge is 0.333 e. The zero-order valence-corrected chi connectivity index (χ0v) is 20.5. The average molecular weight is 495 g/mol. The molecule has 2 unspecified atom stereocenters. The lowest BCUT2D eigenvalue weighted by Gasteiger charge is -2.52. The van der Waals surface area contributed by atoms with Crippen LogP contribution in [0.25, 0.3) is 0 Å². The Morgan fingerprint density at radius 2 is 1.97 bits per heavy atom. The Morgan fingerprint density at radius 3 is 2.64 bits per heavy atom. The Bertz CT molecular complexity index is 1060. The van der Waals surface area contributed by atoms with E-state index in [-0.39, 0.29) is 49.6 Å². The molecule has 2 heterocycles. The number of hydrogen-bond acceptors (Lipinski definition) is 7. The molecule has 1 aromatic carbocycles. The van der Waals surface area contributed by atoms with Gasteiger partial charge in [0.05, 0.1) is 19.1 Å². The molecule has 0 bridgehead atoms. The molecule has 4 rings (SSSR count). The lowest BCUT2D eigenvalue weighted by atomic mass is 9.97. The molecule has 0 spiro atoms. The van der Waals surface area contributed by atoms with E-state index in [1.54, 1.807) is 33.1 Å². The van der Waals surface area contributed by atoms with Gasteiger partial charge in [-0.15, -0.1) is 6.58 Å². The Labute approximate surface area is 211 Å². The molecule has 2 saturated heterocycles. The first-order chi connectivity index (χ1) is 17.3. The van der Waals surface area contributed by atoms with Crippen LogP contribution in [0.5, 0.6) is 0 Å². The highest BCUT2D eigenvalue weighted by molar-refractivity contribution is 5.89. The normalized spacial score (nSPS) is 24.6. The van der Waals surface area contributed by atoms with Crippen LogP contribution in [0.4, 0.5) is 4.79 Å². The lowest BCUT2D eigenvalue weighted by Crippen LogP contribution is -2.74. The molecule has 11 nitrogen and oxygen atoms in total. The summed E-state index contributed by atoms with van der Waals surface area (Å²) >= 11 is 0. The van der Waals surface area contributed by atoms with Crippen LogP contribution >= 0.6 is 0 Å². The highest BCUT2D eigenvalue weighted by Crippen LogP contribution is 2.24. The van der Waals surface area contributed by atoms with Gasteiger partial charge in [-0.05, 0) is 11.1 Å². The van der Waals surface area contributed by atoms with Crippen molar-refractivity contribution in [2.24, 2.45) is 11.6 Å². The van der Waals surface area contributed by atoms with E-state index in [9.17, 15) is 14.4 Å². The maximum atomic E-state index is 13.4. The summed E-state index contributed by atoms with van der Waals surface area (Å²) in [5.41, 5.74) is 8.09. The number of nitrogens with zero attached hydrogens (tertiary/aromatic N) is 5. The molecule has 5 N–H and O–H groups in total. The van der Waals surface area contributed by atoms with Crippen molar-refractivity contribution in [1.82, 2.24) is 30.1 Å². The van der Waals surface area contributed by atoms with E-state index in [1.807, 2.05) is 48.6 Å². The van der Waals surface area contributed by atoms with E-state index < -0.39 is 6.17 Å². The van der Waals surface area contributed by atoms with Gasteiger partial charge in [0, 0.05) is 32.7 Å². The molecule has 192 valence electrons. The number of likely N-dealkylation sites (N-methyl/N-ethyl adjacent to an activating group) is 1. The van der Waals surface area contributed by atoms with E-state index >= 15 is 0 Å². The van der Waals surface area contributed by atoms with Gasteiger partial charge in [-0.2, -0.15) is 0 Å². The van der Waals surface area contributed by atoms with Crippen molar-refractivity contribution in [1.29, 1.82) is 0 Å². The van der Waals surface area contributed by atoms with Crippen LogP contribution in [-0.2, 0) is 16.1 Å². The van der Waals surface area contributed by atoms with Crippen LogP contribution in [0, 0.1) is 0 Å². The molecule has 0 radical (unpaired) electrons. The molecular weight excluding hydrogens is 460 g/mol. The molecule has 0 aromatic heterocycles. The third kappa shape index (κ3) is 5.49. The molecular formula is C25H34N8O3. The molecule has 36 heavy (non-hydrogen) atoms. The number of hydrazine groups is 2. The van der Waals surface area contributed by atoms with Crippen molar-refractivity contribution in [2.45, 2.75) is 24.8 Å². The van der Waals surface area contributed by atoms with Crippen LogP contribution in [0.3, 0.4) is 0 Å². The zero-order chi connectivity index (χ0) is 25.8. The summed E-state index contributed by atoms with van der Waals surface area (Å²) in [6.45, 7) is 4.83. The highest BCUT2D eigenvalue weighted by atomic mass is 16.2. The van der Waals surface area contributed by atoms with Crippen molar-refractivity contribution in [3.05, 3.63) is 72.4 Å². The molecule has 2 aliphatic heterocycles. The fourth-order valence-corrected chi connectivity index (χ4v) is 4.78. The van der Waals surface area contributed by atoms with Gasteiger partial charge in [-0.3, -0.25) is 15.4 Å². The van der Waals surface area contributed by atoms with Crippen molar-refractivity contribution < 1.29 is 14.4 Å². The van der Waals surface area contributed by atoms with E-state index in [4.69, 9.17) is 11.6 Å². The predicted octanol–water partition coefficient (Wildman–Crippen LogP) is -0.391. The number of hydrogen-bond donors (Lipinski definition) is 3. The van der Waals surface area contributed by atoms with E-state index in [2.05, 4.69) is 11.9 Å². The topological polar surface area (TPSA) is 131 Å². The highest BCUT2D eigenvalue weighted by Gasteiger charge is 2.46. The number of amides is 4. The summed E-state index contributed by atoms with van der Waals surface area (Å²) in [6.07, 6.45) is 6.74. The summed E-state index contributed by atoms with van der Waals surface area (Å²) in [5, 5.41) is 7.71. The van der Waals surface area contributed by atoms with Gasteiger partial charge in [-0.1, -0.05) is 54.6 Å². The van der Waals surface area contributed by atoms with Crippen LogP contribution < -0.4 is 16.9 Å². The SMILES string of the molecule is C=CCN1CC(=O)N2CC(=O)N(CC3=CC(N)C(N(C)N)C=C3)C[C@@H]2N1C(=O)NCc1ccccc1. The third-order valence-corrected chi connectivity index (χ3v) is 6.61. The van der Waals surface area contributed by atoms with Crippen molar-refractivity contribution in [3.8, 4) is 0 Å². The van der Waals surface area contributed by atoms with Crippen LogP contribution in [0.15, 0.2) is 66.8 Å². The molecule has 2 fully saturated rings. The number of nitrogens with two attached hydrogens (primary N) is 2. The predicted molar refractivity (Wildman–Crippen MR) is 135 cm³/mol. The largest absolute Gasteiger partial charge is 0.334 e. The van der Waals surface area contributed by atoms with E-state index in [1.165, 1.54) is 4.90 Å². The van der Waals surface area contributed by atoms with Crippen molar-refractivity contribution in [2.75, 3.05) is 39.8 Å². The molecule has 0 saturated carbocycles. The minimum absolute atomic E-state index is 0.00863. The lowest BCUT2D eigenvalue weighted by molar-refractivity contribution is -0.179. The van der Waals surface area contributed by atoms with Gasteiger partial charge in [0.2, 0.25) is 11.8 Å². The second-order valence-corrected chi connectivity index (χ2v) is 9.24. The maximum absolute atomic E-state index is 13.4. The molecule has 1 aliphatic carbocycles. The molecule has 11 heteroatoms. The third-order valence-electron chi connectivity index (χ3n) is 6.61. The Morgan fingerprint density at radius 1 is 1.22 bits per heavy atom. The molecule has 3 aliphatic rings. The van der Waals surface area contributed by atoms with Crippen molar-refractivity contribution in [3.63, 3.8) is 0 Å². The summed E-state index contributed by atoms with van der Waals surface area (Å²) in [5.74, 6) is 5.48. The summed E-state index contributed by atoms with van der Waals surface area (Å²) in [6, 6.07) is 8.80. The van der Waals surface area contributed by atoms with Gasteiger partial charge in [-0.25, -0.2) is 19.8 Å². The molecule has 3 atom stereocenters. The first-order valence-corrected chi connectivity index (χ1v) is 11.9. The van der Waals surface area contributed by atoms with E-state index in [0.29, 0.717) is 19.6 Å². The number of fused-ring (bicyclic) bond motifs is 1. The Balaban J connectivity index is 1.52. The van der Waals surface area contributed by atoms with Gasteiger partial charge in [0.1, 0.15) is 12.7 Å². The van der Waals surface area contributed by atoms with Crippen LogP contribution in [-0.4, -0.2) is 101 Å². The van der Waals surface area contributed by atoms with Crippen LogP contribution in [0.1, 0.15) is 5.56 Å². The summed E-state index contributed by atoms with van der Waals surface area (Å²) in [7, 11) is 1.75. The minimum Gasteiger partial charge on any atom is -0.333 e. The van der Waals surface area contributed by atoms with Crippen molar-refractivity contribution >= 4 is 17.8 Å². The fourth-order valence-electron chi connectivity index (χ4n) is 4.78. The Hall–Kier alpha value is -3.51. The fraction of sp³-hybridized carbons (Fsp3) is 0.400. The molecule has 1 aromatic rings. The Kier molecular flexibility index (Phi) is 7.85. The number of carbonyl (C=O) groups is 3. The zero-order valence-electron chi connectivity index (χ0n) is 20.5. The minimum atomic E-state index is -0.635. The summed E-state index contributed by atoms with van der Waals surface area (Å²) in [4.78, 5) is 42.4. The quantitative estimate of drug-likeness (QED) is 0.267. The summed E-state index contributed by atoms with van der Waals surface area (Å²) < 4.78 is 0. The second-order valence-electron chi connectivity index (χ2n) is 9.24. The number of urea groups is 1. The van der Waals surface area contributed by atoms with E-state index in [0.717, 1.165) is 11.1 Å². The number of carbonyl (C=O) groups excluding carboxylic acids is 3. The number of piperazine rings is 1. The number of benzene rings is 1. The van der Waals surface area contributed by atoms with Gasteiger partial charge in [0.15, 0.2) is 0 Å². The van der Waals surface area contributed by atoms with Gasteiger partial charge < -0.3 is 20.9 Å². The average Bonchev–Trinajstić information content (AvgIpc) is 2.84. The van der Waals surface area contributed by atoms with Crippen LogP contribution in [0.2, 0.25) is 0 Å². The monoisotopic (exact) mass is 494 g/mol. The first-order valence-electron chi connectivity index (χ1n) is 11.9. The van der Waals surface area contributed by atoms with Gasteiger partial charge in [0.25, 0.3) is 0 Å². The second kappa shape index (κ2) is 11.0.